The van der Waals surface area contributed by atoms with Gasteiger partial charge in [0, 0.05) is 21.5 Å². The van der Waals surface area contributed by atoms with Crippen LogP contribution in [0.3, 0.4) is 0 Å². The van der Waals surface area contributed by atoms with Crippen molar-refractivity contribution in [2.75, 3.05) is 5.43 Å². The van der Waals surface area contributed by atoms with Gasteiger partial charge in [-0.05, 0) is 26.0 Å². The summed E-state index contributed by atoms with van der Waals surface area (Å²) in [7, 11) is 0. The van der Waals surface area contributed by atoms with Crippen LogP contribution in [0.4, 0.5) is 5.95 Å². The molecule has 0 amide bonds. The van der Waals surface area contributed by atoms with Gasteiger partial charge in [-0.15, -0.1) is 11.3 Å². The van der Waals surface area contributed by atoms with Crippen molar-refractivity contribution in [3.05, 3.63) is 44.0 Å². The minimum absolute atomic E-state index is 0.192. The number of aryl methyl sites for hydroxylation is 2. The van der Waals surface area contributed by atoms with Crippen LogP contribution in [0.5, 0.6) is 0 Å². The molecule has 0 aliphatic carbocycles. The molecule has 17 heavy (non-hydrogen) atoms. The van der Waals surface area contributed by atoms with Gasteiger partial charge in [-0.2, -0.15) is 5.10 Å². The van der Waals surface area contributed by atoms with Gasteiger partial charge in [-0.1, -0.05) is 0 Å². The number of aromatic nitrogens is 2. The maximum absolute atomic E-state index is 11.2. The summed E-state index contributed by atoms with van der Waals surface area (Å²) in [6.45, 7) is 3.79. The van der Waals surface area contributed by atoms with E-state index in [-0.39, 0.29) is 5.56 Å². The Bertz CT molecular complexity index is 600. The normalized spacial score (nSPS) is 10.9. The zero-order valence-electron chi connectivity index (χ0n) is 9.52. The van der Waals surface area contributed by atoms with E-state index in [0.29, 0.717) is 11.6 Å². The maximum atomic E-state index is 11.2. The van der Waals surface area contributed by atoms with Crippen LogP contribution in [-0.2, 0) is 0 Å². The number of hydrogen-bond donors (Lipinski definition) is 2. The average molecular weight is 248 g/mol. The van der Waals surface area contributed by atoms with Gasteiger partial charge in [-0.25, -0.2) is 10.4 Å². The van der Waals surface area contributed by atoms with Gasteiger partial charge >= 0.3 is 0 Å². The number of aromatic amines is 1. The van der Waals surface area contributed by atoms with Gasteiger partial charge < -0.3 is 0 Å². The first-order chi connectivity index (χ1) is 8.13. The van der Waals surface area contributed by atoms with Crippen LogP contribution < -0.4 is 11.0 Å². The fourth-order valence-electron chi connectivity index (χ4n) is 1.31. The number of nitrogens with zero attached hydrogens (tertiary/aromatic N) is 2. The minimum atomic E-state index is -0.192. The van der Waals surface area contributed by atoms with Crippen molar-refractivity contribution in [1.82, 2.24) is 9.97 Å². The van der Waals surface area contributed by atoms with E-state index in [9.17, 15) is 4.79 Å². The van der Waals surface area contributed by atoms with Crippen LogP contribution in [0.2, 0.25) is 0 Å². The highest BCUT2D eigenvalue weighted by atomic mass is 32.1. The number of hydrazone groups is 1. The highest BCUT2D eigenvalue weighted by Gasteiger charge is 1.95. The number of anilines is 1. The van der Waals surface area contributed by atoms with Crippen LogP contribution in [0.25, 0.3) is 0 Å². The largest absolute Gasteiger partial charge is 0.291 e. The molecule has 0 fully saturated rings. The first kappa shape index (κ1) is 11.5. The Kier molecular flexibility index (Phi) is 3.34. The van der Waals surface area contributed by atoms with Crippen molar-refractivity contribution >= 4 is 23.5 Å². The molecular formula is C11H12N4OS. The van der Waals surface area contributed by atoms with Gasteiger partial charge in [0.25, 0.3) is 5.56 Å². The lowest BCUT2D eigenvalue weighted by Crippen LogP contribution is -2.10. The Morgan fingerprint density at radius 3 is 2.94 bits per heavy atom. The van der Waals surface area contributed by atoms with Gasteiger partial charge in [0.2, 0.25) is 5.95 Å². The Morgan fingerprint density at radius 2 is 2.29 bits per heavy atom. The fourth-order valence-corrected chi connectivity index (χ4v) is 2.06. The molecule has 0 aromatic carbocycles. The lowest BCUT2D eigenvalue weighted by atomic mass is 10.4. The van der Waals surface area contributed by atoms with Crippen molar-refractivity contribution in [3.8, 4) is 0 Å². The lowest BCUT2D eigenvalue weighted by molar-refractivity contribution is 1.04. The third-order valence-corrected chi connectivity index (χ3v) is 2.93. The molecule has 0 spiro atoms. The molecule has 2 rings (SSSR count). The summed E-state index contributed by atoms with van der Waals surface area (Å²) in [6.07, 6.45) is 1.69. The quantitative estimate of drug-likeness (QED) is 0.643. The molecule has 0 radical (unpaired) electrons. The molecule has 2 N–H and O–H groups in total. The molecule has 0 aliphatic heterocycles. The number of hydrogen-bond acceptors (Lipinski definition) is 5. The van der Waals surface area contributed by atoms with E-state index in [1.165, 1.54) is 10.9 Å². The maximum Gasteiger partial charge on any atom is 0.252 e. The summed E-state index contributed by atoms with van der Waals surface area (Å²) in [4.78, 5) is 20.1. The Morgan fingerprint density at radius 1 is 1.47 bits per heavy atom. The topological polar surface area (TPSA) is 70.1 Å². The minimum Gasteiger partial charge on any atom is -0.291 e. The number of thiophene rings is 1. The molecule has 0 aliphatic rings. The van der Waals surface area contributed by atoms with Gasteiger partial charge in [0.05, 0.1) is 6.21 Å². The van der Waals surface area contributed by atoms with E-state index in [1.807, 2.05) is 19.1 Å². The summed E-state index contributed by atoms with van der Waals surface area (Å²) in [6, 6.07) is 5.44. The molecule has 0 saturated heterocycles. The predicted molar refractivity (Wildman–Crippen MR) is 69.9 cm³/mol. The summed E-state index contributed by atoms with van der Waals surface area (Å²) >= 11 is 1.65. The second-order valence-corrected chi connectivity index (χ2v) is 4.87. The van der Waals surface area contributed by atoms with Crippen LogP contribution in [0.1, 0.15) is 15.4 Å². The molecule has 5 nitrogen and oxygen atoms in total. The van der Waals surface area contributed by atoms with Crippen LogP contribution in [0.15, 0.2) is 28.1 Å². The van der Waals surface area contributed by atoms with Crippen molar-refractivity contribution in [2.45, 2.75) is 13.8 Å². The predicted octanol–water partition coefficient (Wildman–Crippen LogP) is 1.89. The van der Waals surface area contributed by atoms with Gasteiger partial charge in [0.1, 0.15) is 0 Å². The molecule has 88 valence electrons. The first-order valence-corrected chi connectivity index (χ1v) is 5.88. The van der Waals surface area contributed by atoms with E-state index < -0.39 is 0 Å². The van der Waals surface area contributed by atoms with E-state index >= 15 is 0 Å². The van der Waals surface area contributed by atoms with Crippen molar-refractivity contribution in [1.29, 1.82) is 0 Å². The fraction of sp³-hybridized carbons (Fsp3) is 0.182. The van der Waals surface area contributed by atoms with E-state index in [4.69, 9.17) is 0 Å². The van der Waals surface area contributed by atoms with Crippen LogP contribution in [-0.4, -0.2) is 16.2 Å². The first-order valence-electron chi connectivity index (χ1n) is 5.07. The third-order valence-electron chi connectivity index (χ3n) is 1.99. The molecule has 0 atom stereocenters. The van der Waals surface area contributed by atoms with Crippen molar-refractivity contribution in [3.63, 3.8) is 0 Å². The summed E-state index contributed by atoms with van der Waals surface area (Å²) in [5.41, 5.74) is 3.15. The zero-order chi connectivity index (χ0) is 12.3. The third kappa shape index (κ3) is 3.25. The molecule has 0 saturated carbocycles. The molecule has 0 bridgehead atoms. The Hall–Kier alpha value is -1.95. The van der Waals surface area contributed by atoms with Crippen LogP contribution in [0, 0.1) is 13.8 Å². The highest BCUT2D eigenvalue weighted by Crippen LogP contribution is 2.12. The molecule has 2 aromatic rings. The summed E-state index contributed by atoms with van der Waals surface area (Å²) < 4.78 is 0. The van der Waals surface area contributed by atoms with Crippen molar-refractivity contribution in [2.24, 2.45) is 5.10 Å². The van der Waals surface area contributed by atoms with Gasteiger partial charge in [0.15, 0.2) is 0 Å². The smallest absolute Gasteiger partial charge is 0.252 e. The van der Waals surface area contributed by atoms with Crippen molar-refractivity contribution < 1.29 is 0 Å². The molecule has 2 heterocycles. The van der Waals surface area contributed by atoms with E-state index in [2.05, 4.69) is 20.5 Å². The zero-order valence-corrected chi connectivity index (χ0v) is 10.3. The lowest BCUT2D eigenvalue weighted by Gasteiger charge is -1.98. The SMILES string of the molecule is Cc1cc(=O)[nH]c(NN=Cc2ccc(C)s2)n1. The van der Waals surface area contributed by atoms with Crippen LogP contribution >= 0.6 is 11.3 Å². The number of H-pyrrole nitrogens is 1. The number of rotatable bonds is 3. The summed E-state index contributed by atoms with van der Waals surface area (Å²) in [5, 5.41) is 4.01. The average Bonchev–Trinajstić information content (AvgIpc) is 2.63. The van der Waals surface area contributed by atoms with E-state index in [1.54, 1.807) is 24.5 Å². The monoisotopic (exact) mass is 248 g/mol. The molecule has 2 aromatic heterocycles. The summed E-state index contributed by atoms with van der Waals surface area (Å²) in [5.74, 6) is 0.347. The number of nitrogens with one attached hydrogen (secondary N) is 2. The molecular weight excluding hydrogens is 236 g/mol. The molecule has 6 heteroatoms. The Labute approximate surface area is 102 Å². The van der Waals surface area contributed by atoms with E-state index in [0.717, 1.165) is 4.88 Å². The second kappa shape index (κ2) is 4.92. The second-order valence-electron chi connectivity index (χ2n) is 3.55. The van der Waals surface area contributed by atoms with Gasteiger partial charge in [-0.3, -0.25) is 9.78 Å². The highest BCUT2D eigenvalue weighted by molar-refractivity contribution is 7.13. The standard InChI is InChI=1S/C11H12N4OS/c1-7-5-10(16)14-11(13-7)15-12-6-9-4-3-8(2)17-9/h3-6H,1-2H3,(H2,13,14,15,16). The molecule has 0 unspecified atom stereocenters. The Balaban J connectivity index is 2.07.